The average molecular weight is 303 g/mol. The number of hydrogen-bond donors (Lipinski definition) is 2. The van der Waals surface area contributed by atoms with E-state index >= 15 is 0 Å². The fraction of sp³-hybridized carbons (Fsp3) is 0. The van der Waals surface area contributed by atoms with Crippen molar-refractivity contribution in [2.24, 2.45) is 0 Å². The maximum atomic E-state index is 13.0. The van der Waals surface area contributed by atoms with Gasteiger partial charge in [-0.25, -0.2) is 12.8 Å². The van der Waals surface area contributed by atoms with Gasteiger partial charge in [-0.15, -0.1) is 0 Å². The van der Waals surface area contributed by atoms with E-state index in [1.165, 1.54) is 18.2 Å². The summed E-state index contributed by atoms with van der Waals surface area (Å²) in [5, 5.41) is 9.61. The summed E-state index contributed by atoms with van der Waals surface area (Å²) in [7, 11) is -4.05. The summed E-state index contributed by atoms with van der Waals surface area (Å²) in [6, 6.07) is 5.00. The van der Waals surface area contributed by atoms with Crippen LogP contribution in [0, 0.1) is 5.82 Å². The highest BCUT2D eigenvalue weighted by molar-refractivity contribution is 7.92. The fourth-order valence-corrected chi connectivity index (χ4v) is 2.55. The van der Waals surface area contributed by atoms with E-state index in [-0.39, 0.29) is 15.6 Å². The molecule has 0 aliphatic rings. The quantitative estimate of drug-likeness (QED) is 0.853. The number of sulfonamides is 1. The van der Waals surface area contributed by atoms with Crippen molar-refractivity contribution in [2.75, 3.05) is 4.72 Å². The minimum atomic E-state index is -4.05. The van der Waals surface area contributed by atoms with Crippen molar-refractivity contribution >= 4 is 27.3 Å². The Balaban J connectivity index is 2.39. The van der Waals surface area contributed by atoms with Gasteiger partial charge >= 0.3 is 0 Å². The third-order valence-electron chi connectivity index (χ3n) is 2.22. The van der Waals surface area contributed by atoms with E-state index < -0.39 is 21.6 Å². The molecule has 0 radical (unpaired) electrons. The van der Waals surface area contributed by atoms with Crippen LogP contribution in [0.3, 0.4) is 0 Å². The first-order valence-electron chi connectivity index (χ1n) is 5.01. The van der Waals surface area contributed by atoms with E-state index in [4.69, 9.17) is 11.6 Å². The number of phenolic OH excluding ortho intramolecular Hbond substituents is 1. The fourth-order valence-electron chi connectivity index (χ4n) is 1.34. The van der Waals surface area contributed by atoms with Gasteiger partial charge in [-0.1, -0.05) is 17.7 Å². The first-order chi connectivity index (χ1) is 8.90. The van der Waals surface area contributed by atoms with Gasteiger partial charge in [0.2, 0.25) is 0 Å². The molecule has 1 heterocycles. The largest absolute Gasteiger partial charge is 0.504 e. The Morgan fingerprint density at radius 1 is 1.32 bits per heavy atom. The van der Waals surface area contributed by atoms with Crippen molar-refractivity contribution in [2.45, 2.75) is 4.90 Å². The first kappa shape index (κ1) is 13.6. The number of benzene rings is 1. The van der Waals surface area contributed by atoms with Crippen molar-refractivity contribution in [3.05, 3.63) is 47.5 Å². The van der Waals surface area contributed by atoms with Crippen LogP contribution in [0.2, 0.25) is 5.02 Å². The van der Waals surface area contributed by atoms with E-state index in [0.29, 0.717) is 0 Å². The van der Waals surface area contributed by atoms with Crippen LogP contribution < -0.4 is 4.72 Å². The molecule has 0 amide bonds. The zero-order valence-corrected chi connectivity index (χ0v) is 10.9. The highest BCUT2D eigenvalue weighted by Crippen LogP contribution is 2.32. The summed E-state index contributed by atoms with van der Waals surface area (Å²) in [6.45, 7) is 0. The van der Waals surface area contributed by atoms with Crippen molar-refractivity contribution < 1.29 is 17.9 Å². The molecule has 0 atom stereocenters. The first-order valence-corrected chi connectivity index (χ1v) is 6.87. The van der Waals surface area contributed by atoms with Crippen LogP contribution in [0.25, 0.3) is 0 Å². The lowest BCUT2D eigenvalue weighted by molar-refractivity contribution is 0.478. The van der Waals surface area contributed by atoms with Crippen LogP contribution in [0.15, 0.2) is 41.6 Å². The van der Waals surface area contributed by atoms with Crippen molar-refractivity contribution in [3.63, 3.8) is 0 Å². The molecule has 8 heteroatoms. The summed E-state index contributed by atoms with van der Waals surface area (Å²) in [5.74, 6) is -1.18. The van der Waals surface area contributed by atoms with Crippen molar-refractivity contribution in [3.8, 4) is 5.75 Å². The number of hydrogen-bond acceptors (Lipinski definition) is 4. The monoisotopic (exact) mass is 302 g/mol. The highest BCUT2D eigenvalue weighted by atomic mass is 35.5. The Morgan fingerprint density at radius 2 is 2.05 bits per heavy atom. The average Bonchev–Trinajstić information content (AvgIpc) is 2.35. The van der Waals surface area contributed by atoms with Gasteiger partial charge in [-0.3, -0.25) is 9.71 Å². The third-order valence-corrected chi connectivity index (χ3v) is 3.86. The maximum Gasteiger partial charge on any atom is 0.263 e. The van der Waals surface area contributed by atoms with E-state index in [2.05, 4.69) is 9.71 Å². The zero-order chi connectivity index (χ0) is 14.0. The van der Waals surface area contributed by atoms with Gasteiger partial charge in [0.15, 0.2) is 5.75 Å². The predicted octanol–water partition coefficient (Wildman–Crippen LogP) is 2.38. The Kier molecular flexibility index (Phi) is 3.59. The molecule has 5 nitrogen and oxygen atoms in total. The number of pyridine rings is 1. The predicted molar refractivity (Wildman–Crippen MR) is 68.1 cm³/mol. The smallest absolute Gasteiger partial charge is 0.263 e. The molecular formula is C11H8ClFN2O3S. The molecule has 2 rings (SSSR count). The molecule has 1 aromatic carbocycles. The molecule has 19 heavy (non-hydrogen) atoms. The number of phenols is 1. The van der Waals surface area contributed by atoms with E-state index in [1.54, 1.807) is 0 Å². The molecule has 0 spiro atoms. The standard InChI is InChI=1S/C11H8ClFN2O3S/c12-9-2-1-3-10(11(9)16)15-19(17,18)8-4-7(13)5-14-6-8/h1-6,15-16H. The second-order valence-corrected chi connectivity index (χ2v) is 5.67. The molecule has 0 aliphatic carbocycles. The summed E-state index contributed by atoms with van der Waals surface area (Å²) in [5.41, 5.74) is -0.100. The molecule has 0 saturated carbocycles. The minimum absolute atomic E-state index is 0.00225. The van der Waals surface area contributed by atoms with Gasteiger partial charge < -0.3 is 5.11 Å². The van der Waals surface area contributed by atoms with Crippen LogP contribution in [0.4, 0.5) is 10.1 Å². The SMILES string of the molecule is O=S(=O)(Nc1cccc(Cl)c1O)c1cncc(F)c1. The number of nitrogens with one attached hydrogen (secondary N) is 1. The van der Waals surface area contributed by atoms with Gasteiger partial charge in [-0.2, -0.15) is 0 Å². The van der Waals surface area contributed by atoms with Crippen LogP contribution in [0.1, 0.15) is 0 Å². The molecule has 100 valence electrons. The van der Waals surface area contributed by atoms with Gasteiger partial charge in [-0.05, 0) is 18.2 Å². The summed E-state index contributed by atoms with van der Waals surface area (Å²) >= 11 is 5.66. The van der Waals surface area contributed by atoms with Gasteiger partial charge in [0.25, 0.3) is 10.0 Å². The molecule has 2 N–H and O–H groups in total. The summed E-state index contributed by atoms with van der Waals surface area (Å²) < 4.78 is 38.9. The third kappa shape index (κ3) is 2.94. The number of aromatic hydroxyl groups is 1. The second kappa shape index (κ2) is 5.02. The molecule has 0 saturated heterocycles. The number of aromatic nitrogens is 1. The molecule has 2 aromatic rings. The summed E-state index contributed by atoms with van der Waals surface area (Å²) in [6.07, 6.45) is 1.88. The molecule has 1 aromatic heterocycles. The Hall–Kier alpha value is -1.86. The minimum Gasteiger partial charge on any atom is -0.504 e. The number of halogens is 2. The van der Waals surface area contributed by atoms with Crippen LogP contribution in [-0.4, -0.2) is 18.5 Å². The lowest BCUT2D eigenvalue weighted by Gasteiger charge is -2.10. The Bertz CT molecular complexity index is 722. The Morgan fingerprint density at radius 3 is 2.74 bits per heavy atom. The summed E-state index contributed by atoms with van der Waals surface area (Å²) in [4.78, 5) is 3.09. The molecule has 0 aliphatic heterocycles. The number of rotatable bonds is 3. The normalized spacial score (nSPS) is 11.3. The number of anilines is 1. The van der Waals surface area contributed by atoms with E-state index in [9.17, 15) is 17.9 Å². The van der Waals surface area contributed by atoms with Crippen LogP contribution in [-0.2, 0) is 10.0 Å². The van der Waals surface area contributed by atoms with Gasteiger partial charge in [0.1, 0.15) is 10.7 Å². The molecular weight excluding hydrogens is 295 g/mol. The lowest BCUT2D eigenvalue weighted by Crippen LogP contribution is -2.13. The Labute approximate surface area is 113 Å². The lowest BCUT2D eigenvalue weighted by atomic mass is 10.3. The topological polar surface area (TPSA) is 79.3 Å². The molecule has 0 bridgehead atoms. The second-order valence-electron chi connectivity index (χ2n) is 3.58. The number of nitrogens with zero attached hydrogens (tertiary/aromatic N) is 1. The van der Waals surface area contributed by atoms with Crippen LogP contribution >= 0.6 is 11.6 Å². The van der Waals surface area contributed by atoms with Crippen molar-refractivity contribution in [1.82, 2.24) is 4.98 Å². The van der Waals surface area contributed by atoms with E-state index in [0.717, 1.165) is 18.5 Å². The van der Waals surface area contributed by atoms with Gasteiger partial charge in [0, 0.05) is 6.20 Å². The number of para-hydroxylation sites is 1. The molecule has 0 fully saturated rings. The van der Waals surface area contributed by atoms with E-state index in [1.807, 2.05) is 0 Å². The molecule has 0 unspecified atom stereocenters. The van der Waals surface area contributed by atoms with Crippen LogP contribution in [0.5, 0.6) is 5.75 Å². The highest BCUT2D eigenvalue weighted by Gasteiger charge is 2.18. The maximum absolute atomic E-state index is 13.0. The zero-order valence-electron chi connectivity index (χ0n) is 9.34. The van der Waals surface area contributed by atoms with Crippen molar-refractivity contribution in [1.29, 1.82) is 0 Å². The van der Waals surface area contributed by atoms with Gasteiger partial charge in [0.05, 0.1) is 16.9 Å².